The van der Waals surface area contributed by atoms with Crippen molar-refractivity contribution in [2.75, 3.05) is 13.2 Å². The maximum atomic E-state index is 11.9. The van der Waals surface area contributed by atoms with E-state index in [0.717, 1.165) is 25.0 Å². The number of Topliss-reactive ketones (excluding diaryl/α,β-unsaturated/α-hetero) is 1. The molecular weight excluding hydrogens is 192 g/mol. The van der Waals surface area contributed by atoms with Crippen LogP contribution in [0.5, 0.6) is 0 Å². The maximum Gasteiger partial charge on any atom is 0.142 e. The normalized spacial score (nSPS) is 21.5. The Morgan fingerprint density at radius 3 is 3.20 bits per heavy atom. The molecule has 0 bridgehead atoms. The summed E-state index contributed by atoms with van der Waals surface area (Å²) in [6.45, 7) is 1.40. The summed E-state index contributed by atoms with van der Waals surface area (Å²) in [5, 5.41) is 4.05. The van der Waals surface area contributed by atoms with E-state index in [2.05, 4.69) is 5.10 Å². The number of aryl methyl sites for hydroxylation is 1. The zero-order chi connectivity index (χ0) is 10.7. The first-order valence-corrected chi connectivity index (χ1v) is 5.33. The van der Waals surface area contributed by atoms with Crippen molar-refractivity contribution >= 4 is 5.78 Å². The summed E-state index contributed by atoms with van der Waals surface area (Å²) < 4.78 is 7.03. The quantitative estimate of drug-likeness (QED) is 0.743. The first kappa shape index (κ1) is 10.4. The summed E-state index contributed by atoms with van der Waals surface area (Å²) in [6.07, 6.45) is 6.10. The van der Waals surface area contributed by atoms with Gasteiger partial charge in [0.25, 0.3) is 0 Å². The lowest BCUT2D eigenvalue weighted by Gasteiger charge is -2.20. The first-order chi connectivity index (χ1) is 7.25. The van der Waals surface area contributed by atoms with E-state index in [1.165, 1.54) is 0 Å². The molecule has 1 aliphatic rings. The van der Waals surface area contributed by atoms with E-state index in [-0.39, 0.29) is 11.7 Å². The van der Waals surface area contributed by atoms with Crippen LogP contribution in [0.4, 0.5) is 0 Å². The highest BCUT2D eigenvalue weighted by atomic mass is 16.5. The molecule has 82 valence electrons. The van der Waals surface area contributed by atoms with Gasteiger partial charge in [0.15, 0.2) is 0 Å². The van der Waals surface area contributed by atoms with Gasteiger partial charge in [0.1, 0.15) is 5.78 Å². The third-order valence-corrected chi connectivity index (χ3v) is 2.75. The van der Waals surface area contributed by atoms with Crippen LogP contribution in [0, 0.1) is 5.92 Å². The monoisotopic (exact) mass is 208 g/mol. The van der Waals surface area contributed by atoms with Gasteiger partial charge in [-0.3, -0.25) is 9.48 Å². The van der Waals surface area contributed by atoms with Crippen molar-refractivity contribution in [3.05, 3.63) is 18.0 Å². The summed E-state index contributed by atoms with van der Waals surface area (Å²) in [6, 6.07) is 0. The third-order valence-electron chi connectivity index (χ3n) is 2.75. The molecule has 1 unspecified atom stereocenters. The molecule has 0 N–H and O–H groups in total. The number of nitrogens with zero attached hydrogens (tertiary/aromatic N) is 2. The molecule has 1 saturated heterocycles. The van der Waals surface area contributed by atoms with Gasteiger partial charge >= 0.3 is 0 Å². The molecule has 1 fully saturated rings. The van der Waals surface area contributed by atoms with Gasteiger partial charge in [0, 0.05) is 32.2 Å². The van der Waals surface area contributed by atoms with Gasteiger partial charge in [0.2, 0.25) is 0 Å². The van der Waals surface area contributed by atoms with Crippen molar-refractivity contribution in [2.45, 2.75) is 19.3 Å². The zero-order valence-electron chi connectivity index (χ0n) is 8.98. The Morgan fingerprint density at radius 2 is 2.60 bits per heavy atom. The fourth-order valence-electron chi connectivity index (χ4n) is 1.90. The van der Waals surface area contributed by atoms with E-state index < -0.39 is 0 Å². The first-order valence-electron chi connectivity index (χ1n) is 5.33. The number of carbonyl (C=O) groups is 1. The molecule has 4 heteroatoms. The van der Waals surface area contributed by atoms with Crippen LogP contribution < -0.4 is 0 Å². The summed E-state index contributed by atoms with van der Waals surface area (Å²) >= 11 is 0. The summed E-state index contributed by atoms with van der Waals surface area (Å²) in [7, 11) is 1.86. The molecule has 15 heavy (non-hydrogen) atoms. The van der Waals surface area contributed by atoms with Crippen LogP contribution in [-0.4, -0.2) is 28.8 Å². The molecule has 2 rings (SSSR count). The highest BCUT2D eigenvalue weighted by Gasteiger charge is 2.21. The van der Waals surface area contributed by atoms with Crippen molar-refractivity contribution in [3.8, 4) is 0 Å². The van der Waals surface area contributed by atoms with E-state index in [1.54, 1.807) is 10.9 Å². The van der Waals surface area contributed by atoms with Crippen molar-refractivity contribution in [1.82, 2.24) is 9.78 Å². The Kier molecular flexibility index (Phi) is 3.16. The summed E-state index contributed by atoms with van der Waals surface area (Å²) in [5.41, 5.74) is 0.994. The van der Waals surface area contributed by atoms with Crippen LogP contribution in [0.15, 0.2) is 12.4 Å². The van der Waals surface area contributed by atoms with Crippen molar-refractivity contribution in [1.29, 1.82) is 0 Å². The second kappa shape index (κ2) is 4.57. The van der Waals surface area contributed by atoms with Crippen LogP contribution >= 0.6 is 0 Å². The van der Waals surface area contributed by atoms with Gasteiger partial charge in [-0.15, -0.1) is 0 Å². The minimum atomic E-state index is 0.0963. The molecule has 1 aromatic heterocycles. The maximum absolute atomic E-state index is 11.9. The average molecular weight is 208 g/mol. The number of hydrogen-bond acceptors (Lipinski definition) is 3. The van der Waals surface area contributed by atoms with E-state index in [9.17, 15) is 4.79 Å². The van der Waals surface area contributed by atoms with Gasteiger partial charge in [-0.05, 0) is 18.4 Å². The van der Waals surface area contributed by atoms with Crippen molar-refractivity contribution in [3.63, 3.8) is 0 Å². The van der Waals surface area contributed by atoms with E-state index in [1.807, 2.05) is 13.2 Å². The number of ether oxygens (including phenoxy) is 1. The predicted molar refractivity (Wildman–Crippen MR) is 55.5 cm³/mol. The zero-order valence-corrected chi connectivity index (χ0v) is 8.98. The lowest BCUT2D eigenvalue weighted by Crippen LogP contribution is -2.26. The van der Waals surface area contributed by atoms with Crippen molar-refractivity contribution < 1.29 is 9.53 Å². The molecule has 0 amide bonds. The largest absolute Gasteiger partial charge is 0.381 e. The smallest absolute Gasteiger partial charge is 0.142 e. The van der Waals surface area contributed by atoms with Crippen LogP contribution in [0.3, 0.4) is 0 Å². The molecule has 1 aromatic rings. The molecule has 4 nitrogen and oxygen atoms in total. The molecule has 0 spiro atoms. The van der Waals surface area contributed by atoms with Crippen molar-refractivity contribution in [2.24, 2.45) is 13.0 Å². The second-order valence-electron chi connectivity index (χ2n) is 4.08. The summed E-state index contributed by atoms with van der Waals surface area (Å²) in [4.78, 5) is 11.9. The number of carbonyl (C=O) groups excluding carboxylic acids is 1. The Labute approximate surface area is 89.2 Å². The standard InChI is InChI=1S/C11H16N2O2/c1-13-7-9(6-12-13)5-11(14)10-3-2-4-15-8-10/h6-7,10H,2-5,8H2,1H3. The van der Waals surface area contributed by atoms with Gasteiger partial charge in [0.05, 0.1) is 12.8 Å². The van der Waals surface area contributed by atoms with Gasteiger partial charge in [-0.2, -0.15) is 5.10 Å². The Balaban J connectivity index is 1.91. The molecule has 0 aromatic carbocycles. The summed E-state index contributed by atoms with van der Waals surface area (Å²) in [5.74, 6) is 0.377. The number of rotatable bonds is 3. The fourth-order valence-corrected chi connectivity index (χ4v) is 1.90. The van der Waals surface area contributed by atoms with E-state index in [4.69, 9.17) is 4.74 Å². The molecule has 0 radical (unpaired) electrons. The Morgan fingerprint density at radius 1 is 1.73 bits per heavy atom. The van der Waals surface area contributed by atoms with E-state index in [0.29, 0.717) is 13.0 Å². The van der Waals surface area contributed by atoms with Gasteiger partial charge in [-0.1, -0.05) is 0 Å². The van der Waals surface area contributed by atoms with Crippen LogP contribution in [0.25, 0.3) is 0 Å². The fraction of sp³-hybridized carbons (Fsp3) is 0.636. The predicted octanol–water partition coefficient (Wildman–Crippen LogP) is 0.958. The minimum Gasteiger partial charge on any atom is -0.381 e. The molecular formula is C11H16N2O2. The van der Waals surface area contributed by atoms with Gasteiger partial charge < -0.3 is 4.74 Å². The SMILES string of the molecule is Cn1cc(CC(=O)C2CCCOC2)cn1. The highest BCUT2D eigenvalue weighted by molar-refractivity contribution is 5.83. The molecule has 0 aliphatic carbocycles. The minimum absolute atomic E-state index is 0.0963. The number of aromatic nitrogens is 2. The molecule has 0 saturated carbocycles. The van der Waals surface area contributed by atoms with E-state index >= 15 is 0 Å². The number of ketones is 1. The second-order valence-corrected chi connectivity index (χ2v) is 4.08. The third kappa shape index (κ3) is 2.65. The highest BCUT2D eigenvalue weighted by Crippen LogP contribution is 2.16. The lowest BCUT2D eigenvalue weighted by atomic mass is 9.94. The molecule has 1 atom stereocenters. The van der Waals surface area contributed by atoms with Crippen LogP contribution in [-0.2, 0) is 23.0 Å². The number of hydrogen-bond donors (Lipinski definition) is 0. The topological polar surface area (TPSA) is 44.1 Å². The molecule has 1 aliphatic heterocycles. The lowest BCUT2D eigenvalue weighted by molar-refractivity contribution is -0.126. The van der Waals surface area contributed by atoms with Gasteiger partial charge in [-0.25, -0.2) is 0 Å². The Bertz CT molecular complexity index is 340. The van der Waals surface area contributed by atoms with Crippen LogP contribution in [0.2, 0.25) is 0 Å². The van der Waals surface area contributed by atoms with Crippen LogP contribution in [0.1, 0.15) is 18.4 Å². The molecule has 2 heterocycles. The Hall–Kier alpha value is -1.16. The average Bonchev–Trinajstić information content (AvgIpc) is 2.65.